The Kier molecular flexibility index (Phi) is 6.82. The van der Waals surface area contributed by atoms with Crippen molar-refractivity contribution in [1.29, 1.82) is 0 Å². The van der Waals surface area contributed by atoms with Gasteiger partial charge in [-0.15, -0.1) is 0 Å². The molecule has 2 N–H and O–H groups in total. The van der Waals surface area contributed by atoms with Gasteiger partial charge >= 0.3 is 0 Å². The lowest BCUT2D eigenvalue weighted by Crippen LogP contribution is -2.25. The van der Waals surface area contributed by atoms with E-state index in [0.29, 0.717) is 29.2 Å². The summed E-state index contributed by atoms with van der Waals surface area (Å²) in [7, 11) is 0. The summed E-state index contributed by atoms with van der Waals surface area (Å²) in [5.41, 5.74) is 2.10. The molecule has 0 saturated heterocycles. The molecule has 4 nitrogen and oxygen atoms in total. The van der Waals surface area contributed by atoms with Crippen molar-refractivity contribution >= 4 is 29.1 Å². The van der Waals surface area contributed by atoms with E-state index >= 15 is 0 Å². The van der Waals surface area contributed by atoms with Crippen molar-refractivity contribution in [2.75, 3.05) is 11.9 Å². The summed E-state index contributed by atoms with van der Waals surface area (Å²) in [6.45, 7) is 2.47. The highest BCUT2D eigenvalue weighted by molar-refractivity contribution is 6.33. The first-order chi connectivity index (χ1) is 11.6. The van der Waals surface area contributed by atoms with E-state index in [-0.39, 0.29) is 11.8 Å². The van der Waals surface area contributed by atoms with Gasteiger partial charge in [-0.25, -0.2) is 0 Å². The van der Waals surface area contributed by atoms with Crippen molar-refractivity contribution in [3.8, 4) is 0 Å². The predicted molar refractivity (Wildman–Crippen MR) is 97.5 cm³/mol. The quantitative estimate of drug-likeness (QED) is 0.796. The summed E-state index contributed by atoms with van der Waals surface area (Å²) in [5.74, 6) is -0.297. The Morgan fingerprint density at radius 1 is 1.08 bits per heavy atom. The molecule has 0 radical (unpaired) electrons. The van der Waals surface area contributed by atoms with Gasteiger partial charge in [-0.3, -0.25) is 9.59 Å². The molecular formula is C19H21ClN2O2. The predicted octanol–water partition coefficient (Wildman–Crippen LogP) is 4.05. The number of carbonyl (C=O) groups excluding carboxylic acids is 2. The Morgan fingerprint density at radius 2 is 1.83 bits per heavy atom. The van der Waals surface area contributed by atoms with Crippen LogP contribution in [0.2, 0.25) is 5.02 Å². The molecule has 0 heterocycles. The Hall–Kier alpha value is -2.33. The molecule has 0 saturated carbocycles. The fraction of sp³-hybridized carbons (Fsp3) is 0.263. The number of hydrogen-bond donors (Lipinski definition) is 2. The molecule has 126 valence electrons. The summed E-state index contributed by atoms with van der Waals surface area (Å²) in [6, 6.07) is 14.8. The van der Waals surface area contributed by atoms with Gasteiger partial charge in [0.05, 0.1) is 10.7 Å². The van der Waals surface area contributed by atoms with Crippen LogP contribution in [0.1, 0.15) is 35.7 Å². The Bertz CT molecular complexity index is 702. The monoisotopic (exact) mass is 344 g/mol. The third-order valence-corrected chi connectivity index (χ3v) is 3.85. The van der Waals surface area contributed by atoms with Crippen LogP contribution in [0.5, 0.6) is 0 Å². The van der Waals surface area contributed by atoms with Crippen LogP contribution in [-0.4, -0.2) is 18.4 Å². The van der Waals surface area contributed by atoms with Gasteiger partial charge in [0.25, 0.3) is 5.91 Å². The summed E-state index contributed by atoms with van der Waals surface area (Å²) >= 11 is 6.08. The van der Waals surface area contributed by atoms with Crippen molar-refractivity contribution < 1.29 is 9.59 Å². The molecule has 5 heteroatoms. The van der Waals surface area contributed by atoms with E-state index in [1.54, 1.807) is 18.2 Å². The standard InChI is InChI=1S/C19H21ClN2O2/c1-2-6-18(23)22-17-13-15(9-10-16(17)20)19(24)21-12-11-14-7-4-3-5-8-14/h3-5,7-10,13H,2,6,11-12H2,1H3,(H,21,24)(H,22,23). The molecule has 0 aliphatic carbocycles. The molecule has 0 aliphatic rings. The van der Waals surface area contributed by atoms with Gasteiger partial charge in [-0.05, 0) is 36.6 Å². The van der Waals surface area contributed by atoms with E-state index in [4.69, 9.17) is 11.6 Å². The number of carbonyl (C=O) groups is 2. The van der Waals surface area contributed by atoms with E-state index in [2.05, 4.69) is 10.6 Å². The van der Waals surface area contributed by atoms with Crippen molar-refractivity contribution in [2.45, 2.75) is 26.2 Å². The van der Waals surface area contributed by atoms with E-state index < -0.39 is 0 Å². The maximum absolute atomic E-state index is 12.2. The minimum Gasteiger partial charge on any atom is -0.352 e. The molecule has 24 heavy (non-hydrogen) atoms. The minimum atomic E-state index is -0.186. The number of amides is 2. The highest BCUT2D eigenvalue weighted by atomic mass is 35.5. The fourth-order valence-corrected chi connectivity index (χ4v) is 2.43. The van der Waals surface area contributed by atoms with Crippen LogP contribution >= 0.6 is 11.6 Å². The summed E-state index contributed by atoms with van der Waals surface area (Å²) in [6.07, 6.45) is 1.94. The minimum absolute atomic E-state index is 0.110. The van der Waals surface area contributed by atoms with Crippen LogP contribution < -0.4 is 10.6 Å². The average Bonchev–Trinajstić information content (AvgIpc) is 2.58. The lowest BCUT2D eigenvalue weighted by Gasteiger charge is -2.10. The van der Waals surface area contributed by atoms with Crippen LogP contribution in [0.15, 0.2) is 48.5 Å². The lowest BCUT2D eigenvalue weighted by molar-refractivity contribution is -0.116. The molecule has 2 amide bonds. The highest BCUT2D eigenvalue weighted by Crippen LogP contribution is 2.23. The molecule has 0 spiro atoms. The molecule has 2 aromatic carbocycles. The van der Waals surface area contributed by atoms with Gasteiger partial charge in [-0.2, -0.15) is 0 Å². The smallest absolute Gasteiger partial charge is 0.251 e. The summed E-state index contributed by atoms with van der Waals surface area (Å²) < 4.78 is 0. The molecule has 0 unspecified atom stereocenters. The molecule has 0 aromatic heterocycles. The zero-order chi connectivity index (χ0) is 17.4. The van der Waals surface area contributed by atoms with Crippen LogP contribution in [0.4, 0.5) is 5.69 Å². The second kappa shape index (κ2) is 9.08. The SMILES string of the molecule is CCCC(=O)Nc1cc(C(=O)NCCc2ccccc2)ccc1Cl. The second-order valence-corrected chi connectivity index (χ2v) is 5.89. The van der Waals surface area contributed by atoms with Crippen LogP contribution in [-0.2, 0) is 11.2 Å². The Labute approximate surface area is 147 Å². The van der Waals surface area contributed by atoms with Crippen molar-refractivity contribution in [3.05, 3.63) is 64.7 Å². The van der Waals surface area contributed by atoms with Gasteiger partial charge in [0.15, 0.2) is 0 Å². The topological polar surface area (TPSA) is 58.2 Å². The molecule has 0 bridgehead atoms. The van der Waals surface area contributed by atoms with Gasteiger partial charge in [0, 0.05) is 18.5 Å². The van der Waals surface area contributed by atoms with Crippen LogP contribution in [0.3, 0.4) is 0 Å². The third kappa shape index (κ3) is 5.39. The van der Waals surface area contributed by atoms with Crippen LogP contribution in [0.25, 0.3) is 0 Å². The number of nitrogens with one attached hydrogen (secondary N) is 2. The van der Waals surface area contributed by atoms with Crippen molar-refractivity contribution in [1.82, 2.24) is 5.32 Å². The normalized spacial score (nSPS) is 10.2. The number of hydrogen-bond acceptors (Lipinski definition) is 2. The fourth-order valence-electron chi connectivity index (χ4n) is 2.27. The van der Waals surface area contributed by atoms with E-state index in [1.165, 1.54) is 5.56 Å². The van der Waals surface area contributed by atoms with E-state index in [9.17, 15) is 9.59 Å². The second-order valence-electron chi connectivity index (χ2n) is 5.48. The molecular weight excluding hydrogens is 324 g/mol. The van der Waals surface area contributed by atoms with Gasteiger partial charge in [0.1, 0.15) is 0 Å². The summed E-state index contributed by atoms with van der Waals surface area (Å²) in [4.78, 5) is 23.9. The number of halogens is 1. The zero-order valence-corrected chi connectivity index (χ0v) is 14.4. The van der Waals surface area contributed by atoms with Gasteiger partial charge < -0.3 is 10.6 Å². The van der Waals surface area contributed by atoms with Gasteiger partial charge in [0.2, 0.25) is 5.91 Å². The first-order valence-corrected chi connectivity index (χ1v) is 8.39. The molecule has 2 rings (SSSR count). The van der Waals surface area contributed by atoms with Crippen molar-refractivity contribution in [3.63, 3.8) is 0 Å². The molecule has 0 aliphatic heterocycles. The van der Waals surface area contributed by atoms with Crippen LogP contribution in [0, 0.1) is 0 Å². The first kappa shape index (κ1) is 18.0. The lowest BCUT2D eigenvalue weighted by atomic mass is 10.1. The molecule has 2 aromatic rings. The third-order valence-electron chi connectivity index (χ3n) is 3.52. The van der Waals surface area contributed by atoms with Crippen molar-refractivity contribution in [2.24, 2.45) is 0 Å². The van der Waals surface area contributed by atoms with Gasteiger partial charge in [-0.1, -0.05) is 48.9 Å². The van der Waals surface area contributed by atoms with E-state index in [0.717, 1.165) is 12.8 Å². The first-order valence-electron chi connectivity index (χ1n) is 8.01. The number of rotatable bonds is 7. The maximum atomic E-state index is 12.2. The summed E-state index contributed by atoms with van der Waals surface area (Å²) in [5, 5.41) is 6.03. The average molecular weight is 345 g/mol. The largest absolute Gasteiger partial charge is 0.352 e. The zero-order valence-electron chi connectivity index (χ0n) is 13.6. The highest BCUT2D eigenvalue weighted by Gasteiger charge is 2.10. The van der Waals surface area contributed by atoms with E-state index in [1.807, 2.05) is 37.3 Å². The molecule has 0 atom stereocenters. The Morgan fingerprint density at radius 3 is 2.54 bits per heavy atom. The molecule has 0 fully saturated rings. The Balaban J connectivity index is 1.95. The maximum Gasteiger partial charge on any atom is 0.251 e. The number of benzene rings is 2. The number of anilines is 1.